The molecule has 0 bridgehead atoms. The molecule has 88 valence electrons. The molecule has 0 aromatic heterocycles. The smallest absolute Gasteiger partial charge is 0.340 e. The van der Waals surface area contributed by atoms with E-state index in [0.29, 0.717) is 16.4 Å². The number of carbonyl (C=O) groups excluding carboxylic acids is 1. The first-order chi connectivity index (χ1) is 8.22. The molecule has 0 unspecified atom stereocenters. The SMILES string of the molecule is COC(=O)c1ccccc1N=C(NC#N)SC. The Labute approximate surface area is 103 Å². The number of nitrogens with zero attached hydrogens (tertiary/aromatic N) is 2. The number of hydrogen-bond donors (Lipinski definition) is 1. The normalized spacial score (nSPS) is 10.5. The van der Waals surface area contributed by atoms with E-state index in [2.05, 4.69) is 15.0 Å². The van der Waals surface area contributed by atoms with Gasteiger partial charge in [-0.15, -0.1) is 0 Å². The monoisotopic (exact) mass is 249 g/mol. The summed E-state index contributed by atoms with van der Waals surface area (Å²) < 4.78 is 4.65. The maximum absolute atomic E-state index is 11.5. The van der Waals surface area contributed by atoms with Gasteiger partial charge < -0.3 is 4.74 Å². The van der Waals surface area contributed by atoms with Crippen molar-refractivity contribution in [3.05, 3.63) is 29.8 Å². The van der Waals surface area contributed by atoms with Crippen LogP contribution in [0.2, 0.25) is 0 Å². The van der Waals surface area contributed by atoms with Gasteiger partial charge in [0, 0.05) is 0 Å². The summed E-state index contributed by atoms with van der Waals surface area (Å²) in [5, 5.41) is 11.4. The minimum atomic E-state index is -0.457. The van der Waals surface area contributed by atoms with E-state index in [1.165, 1.54) is 18.9 Å². The lowest BCUT2D eigenvalue weighted by molar-refractivity contribution is 0.0602. The average molecular weight is 249 g/mol. The summed E-state index contributed by atoms with van der Waals surface area (Å²) >= 11 is 1.28. The number of ether oxygens (including phenoxy) is 1. The summed E-state index contributed by atoms with van der Waals surface area (Å²) in [5.41, 5.74) is 0.827. The number of para-hydroxylation sites is 1. The first kappa shape index (κ1) is 13.1. The molecule has 0 saturated heterocycles. The fourth-order valence-corrected chi connectivity index (χ4v) is 1.47. The lowest BCUT2D eigenvalue weighted by atomic mass is 10.2. The Hall–Kier alpha value is -2.00. The number of amidine groups is 1. The highest BCUT2D eigenvalue weighted by molar-refractivity contribution is 8.13. The van der Waals surface area contributed by atoms with Gasteiger partial charge in [-0.25, -0.2) is 9.79 Å². The molecule has 0 aliphatic heterocycles. The minimum absolute atomic E-state index is 0.362. The molecular formula is C11H11N3O2S. The Balaban J connectivity index is 3.14. The lowest BCUT2D eigenvalue weighted by Crippen LogP contribution is -2.13. The van der Waals surface area contributed by atoms with Crippen molar-refractivity contribution in [3.8, 4) is 6.19 Å². The third-order valence-corrected chi connectivity index (χ3v) is 2.47. The summed E-state index contributed by atoms with van der Waals surface area (Å²) in [6.07, 6.45) is 3.57. The van der Waals surface area contributed by atoms with Gasteiger partial charge >= 0.3 is 5.97 Å². The maximum Gasteiger partial charge on any atom is 0.340 e. The fraction of sp³-hybridized carbons (Fsp3) is 0.182. The van der Waals surface area contributed by atoms with Crippen molar-refractivity contribution in [1.29, 1.82) is 5.26 Å². The van der Waals surface area contributed by atoms with Gasteiger partial charge in [0.05, 0.1) is 18.4 Å². The second-order valence-electron chi connectivity index (χ2n) is 2.87. The molecule has 0 spiro atoms. The molecule has 0 amide bonds. The van der Waals surface area contributed by atoms with Crippen LogP contribution >= 0.6 is 11.8 Å². The van der Waals surface area contributed by atoms with E-state index in [1.807, 2.05) is 0 Å². The number of esters is 1. The molecular weight excluding hydrogens is 238 g/mol. The van der Waals surface area contributed by atoms with Crippen LogP contribution in [0.1, 0.15) is 10.4 Å². The molecule has 1 rings (SSSR count). The average Bonchev–Trinajstić information content (AvgIpc) is 2.38. The minimum Gasteiger partial charge on any atom is -0.465 e. The molecule has 1 N–H and O–H groups in total. The zero-order valence-corrected chi connectivity index (χ0v) is 10.2. The highest BCUT2D eigenvalue weighted by Crippen LogP contribution is 2.20. The van der Waals surface area contributed by atoms with Gasteiger partial charge in [0.25, 0.3) is 0 Å². The van der Waals surface area contributed by atoms with Crippen LogP contribution in [0.25, 0.3) is 0 Å². The second kappa shape index (κ2) is 6.55. The van der Waals surface area contributed by atoms with Gasteiger partial charge in [0.1, 0.15) is 0 Å². The molecule has 0 aliphatic carbocycles. The maximum atomic E-state index is 11.5. The van der Waals surface area contributed by atoms with Crippen molar-refractivity contribution in [3.63, 3.8) is 0 Å². The second-order valence-corrected chi connectivity index (χ2v) is 3.66. The number of nitriles is 1. The van der Waals surface area contributed by atoms with E-state index in [9.17, 15) is 4.79 Å². The predicted molar refractivity (Wildman–Crippen MR) is 67.1 cm³/mol. The zero-order valence-electron chi connectivity index (χ0n) is 9.43. The van der Waals surface area contributed by atoms with E-state index in [4.69, 9.17) is 5.26 Å². The summed E-state index contributed by atoms with van der Waals surface area (Å²) in [5.74, 6) is -0.457. The van der Waals surface area contributed by atoms with E-state index in [-0.39, 0.29) is 0 Å². The Morgan fingerprint density at radius 2 is 2.24 bits per heavy atom. The number of thioether (sulfide) groups is 1. The molecule has 1 aromatic rings. The van der Waals surface area contributed by atoms with Crippen molar-refractivity contribution >= 4 is 28.6 Å². The van der Waals surface area contributed by atoms with Gasteiger partial charge in [-0.1, -0.05) is 23.9 Å². The van der Waals surface area contributed by atoms with Crippen LogP contribution in [0, 0.1) is 11.5 Å². The van der Waals surface area contributed by atoms with Crippen molar-refractivity contribution in [2.45, 2.75) is 0 Å². The highest BCUT2D eigenvalue weighted by atomic mass is 32.2. The van der Waals surface area contributed by atoms with Crippen LogP contribution < -0.4 is 5.32 Å². The molecule has 1 aromatic carbocycles. The summed E-state index contributed by atoms with van der Waals surface area (Å²) in [6.45, 7) is 0. The van der Waals surface area contributed by atoms with Crippen molar-refractivity contribution in [2.75, 3.05) is 13.4 Å². The standard InChI is InChI=1S/C11H11N3O2S/c1-16-10(15)8-5-3-4-6-9(8)14-11(17-2)13-7-12/h3-6H,1-2H3,(H,13,14). The van der Waals surface area contributed by atoms with Gasteiger partial charge in [0.15, 0.2) is 11.4 Å². The molecule has 0 saturated carbocycles. The molecule has 0 fully saturated rings. The Kier molecular flexibility index (Phi) is 5.04. The number of nitrogens with one attached hydrogen (secondary N) is 1. The lowest BCUT2D eigenvalue weighted by Gasteiger charge is -2.04. The molecule has 5 nitrogen and oxygen atoms in total. The summed E-state index contributed by atoms with van der Waals surface area (Å²) in [6, 6.07) is 6.79. The summed E-state index contributed by atoms with van der Waals surface area (Å²) in [4.78, 5) is 15.7. The van der Waals surface area contributed by atoms with Crippen LogP contribution in [0.3, 0.4) is 0 Å². The van der Waals surface area contributed by atoms with Gasteiger partial charge in [-0.3, -0.25) is 5.32 Å². The molecule has 0 atom stereocenters. The number of methoxy groups -OCH3 is 1. The molecule has 17 heavy (non-hydrogen) atoms. The van der Waals surface area contributed by atoms with E-state index < -0.39 is 5.97 Å². The zero-order chi connectivity index (χ0) is 12.7. The molecule has 0 radical (unpaired) electrons. The number of carbonyl (C=O) groups is 1. The number of benzene rings is 1. The summed E-state index contributed by atoms with van der Waals surface area (Å²) in [7, 11) is 1.31. The van der Waals surface area contributed by atoms with Crippen LogP contribution in [-0.4, -0.2) is 24.5 Å². The first-order valence-corrected chi connectivity index (χ1v) is 5.90. The van der Waals surface area contributed by atoms with Gasteiger partial charge in [-0.2, -0.15) is 5.26 Å². The first-order valence-electron chi connectivity index (χ1n) is 4.68. The van der Waals surface area contributed by atoms with Crippen LogP contribution in [0.4, 0.5) is 5.69 Å². The van der Waals surface area contributed by atoms with Crippen molar-refractivity contribution < 1.29 is 9.53 Å². The van der Waals surface area contributed by atoms with Gasteiger partial charge in [0.2, 0.25) is 0 Å². The number of rotatable bonds is 2. The number of aliphatic imine (C=N–C) groups is 1. The third-order valence-electron chi connectivity index (χ3n) is 1.89. The quantitative estimate of drug-likeness (QED) is 0.285. The van der Waals surface area contributed by atoms with Crippen molar-refractivity contribution in [2.24, 2.45) is 4.99 Å². The third kappa shape index (κ3) is 3.50. The van der Waals surface area contributed by atoms with E-state index >= 15 is 0 Å². The largest absolute Gasteiger partial charge is 0.465 e. The molecule has 0 heterocycles. The molecule has 6 heteroatoms. The Bertz CT molecular complexity index is 480. The highest BCUT2D eigenvalue weighted by Gasteiger charge is 2.10. The fourth-order valence-electron chi connectivity index (χ4n) is 1.14. The number of hydrogen-bond acceptors (Lipinski definition) is 5. The van der Waals surface area contributed by atoms with Gasteiger partial charge in [-0.05, 0) is 18.4 Å². The van der Waals surface area contributed by atoms with E-state index in [0.717, 1.165) is 0 Å². The molecule has 0 aliphatic rings. The van der Waals surface area contributed by atoms with Crippen LogP contribution in [0.15, 0.2) is 29.3 Å². The van der Waals surface area contributed by atoms with Crippen LogP contribution in [-0.2, 0) is 4.74 Å². The Morgan fingerprint density at radius 3 is 2.82 bits per heavy atom. The van der Waals surface area contributed by atoms with Crippen LogP contribution in [0.5, 0.6) is 0 Å². The predicted octanol–water partition coefficient (Wildman–Crippen LogP) is 1.89. The Morgan fingerprint density at radius 1 is 1.53 bits per heavy atom. The van der Waals surface area contributed by atoms with Crippen molar-refractivity contribution in [1.82, 2.24) is 5.32 Å². The topological polar surface area (TPSA) is 74.5 Å². The van der Waals surface area contributed by atoms with E-state index in [1.54, 1.807) is 36.7 Å².